The number of aliphatic hydroxyl groups is 2. The lowest BCUT2D eigenvalue weighted by Gasteiger charge is -2.61. The molecule has 0 radical (unpaired) electrons. The number of alkyl halides is 2. The molecule has 0 aromatic heterocycles. The maximum atomic E-state index is 9.83. The summed E-state index contributed by atoms with van der Waals surface area (Å²) in [5, 5.41) is 19.7. The molecule has 2 atom stereocenters. The molecular formula is C16H26I2O4. The zero-order valence-corrected chi connectivity index (χ0v) is 17.2. The molecule has 6 heteroatoms. The molecule has 0 heterocycles. The van der Waals surface area contributed by atoms with E-state index < -0.39 is 0 Å². The van der Waals surface area contributed by atoms with Crippen molar-refractivity contribution in [3.05, 3.63) is 0 Å². The highest BCUT2D eigenvalue weighted by molar-refractivity contribution is 14.1. The first-order chi connectivity index (χ1) is 10.5. The lowest BCUT2D eigenvalue weighted by atomic mass is 9.52. The molecule has 4 rings (SSSR count). The van der Waals surface area contributed by atoms with Crippen LogP contribution in [0.3, 0.4) is 0 Å². The topological polar surface area (TPSA) is 58.9 Å². The van der Waals surface area contributed by atoms with E-state index in [9.17, 15) is 10.2 Å². The number of hydrogen-bond acceptors (Lipinski definition) is 4. The quantitative estimate of drug-likeness (QED) is 0.371. The SMILES string of the molecule is OC(CI)COC12CC3CC(C1)CC(OCC(O)CI)(C3)C2. The highest BCUT2D eigenvalue weighted by Crippen LogP contribution is 2.60. The van der Waals surface area contributed by atoms with Crippen LogP contribution in [0.4, 0.5) is 0 Å². The van der Waals surface area contributed by atoms with Crippen molar-refractivity contribution in [2.45, 2.75) is 61.9 Å². The lowest BCUT2D eigenvalue weighted by Crippen LogP contribution is -2.61. The Morgan fingerprint density at radius 2 is 1.27 bits per heavy atom. The van der Waals surface area contributed by atoms with Gasteiger partial charge in [0.1, 0.15) is 0 Å². The Hall–Kier alpha value is 1.30. The van der Waals surface area contributed by atoms with Gasteiger partial charge >= 0.3 is 0 Å². The summed E-state index contributed by atoms with van der Waals surface area (Å²) in [7, 11) is 0. The molecule has 128 valence electrons. The van der Waals surface area contributed by atoms with Crippen LogP contribution >= 0.6 is 45.2 Å². The van der Waals surface area contributed by atoms with Gasteiger partial charge in [0, 0.05) is 15.3 Å². The van der Waals surface area contributed by atoms with E-state index in [2.05, 4.69) is 45.2 Å². The Kier molecular flexibility index (Phi) is 5.98. The molecule has 4 bridgehead atoms. The molecule has 0 aromatic carbocycles. The van der Waals surface area contributed by atoms with E-state index in [0.717, 1.165) is 32.1 Å². The predicted octanol–water partition coefficient (Wildman–Crippen LogP) is 2.70. The first-order valence-electron chi connectivity index (χ1n) is 8.24. The van der Waals surface area contributed by atoms with E-state index in [1.807, 2.05) is 0 Å². The van der Waals surface area contributed by atoms with Crippen molar-refractivity contribution < 1.29 is 19.7 Å². The summed E-state index contributed by atoms with van der Waals surface area (Å²) in [5.74, 6) is 1.38. The molecule has 4 aliphatic rings. The number of hydrogen-bond donors (Lipinski definition) is 2. The molecule has 2 unspecified atom stereocenters. The minimum atomic E-state index is -0.369. The van der Waals surface area contributed by atoms with E-state index in [1.54, 1.807) is 0 Å². The first kappa shape index (κ1) is 18.1. The number of ether oxygens (including phenoxy) is 2. The highest BCUT2D eigenvalue weighted by Gasteiger charge is 2.59. The van der Waals surface area contributed by atoms with Gasteiger partial charge in [-0.3, -0.25) is 0 Å². The van der Waals surface area contributed by atoms with Crippen LogP contribution in [0.1, 0.15) is 38.5 Å². The van der Waals surface area contributed by atoms with Crippen LogP contribution in [-0.2, 0) is 9.47 Å². The summed E-state index contributed by atoms with van der Waals surface area (Å²) in [6, 6.07) is 0. The summed E-state index contributed by atoms with van der Waals surface area (Å²) in [5.41, 5.74) is -0.182. The van der Waals surface area contributed by atoms with Crippen molar-refractivity contribution in [3.63, 3.8) is 0 Å². The molecule has 22 heavy (non-hydrogen) atoms. The van der Waals surface area contributed by atoms with Crippen LogP contribution in [0.2, 0.25) is 0 Å². The third-order valence-electron chi connectivity index (χ3n) is 5.47. The molecule has 0 spiro atoms. The molecule has 0 saturated heterocycles. The van der Waals surface area contributed by atoms with E-state index in [-0.39, 0.29) is 23.4 Å². The van der Waals surface area contributed by atoms with Crippen LogP contribution < -0.4 is 0 Å². The Labute approximate surface area is 160 Å². The highest BCUT2D eigenvalue weighted by atomic mass is 127. The average molecular weight is 536 g/mol. The standard InChI is InChI=1S/C16H26I2O4/c17-6-13(19)8-21-15-2-11-1-12(4-15)5-16(3-11,10-15)22-9-14(20)7-18/h11-14,19-20H,1-10H2. The smallest absolute Gasteiger partial charge is 0.0863 e. The minimum Gasteiger partial charge on any atom is -0.390 e. The fourth-order valence-corrected chi connectivity index (χ4v) is 5.58. The fraction of sp³-hybridized carbons (Fsp3) is 1.00. The molecule has 0 amide bonds. The molecule has 2 N–H and O–H groups in total. The van der Waals surface area contributed by atoms with E-state index in [1.165, 1.54) is 6.42 Å². The van der Waals surface area contributed by atoms with Crippen LogP contribution in [0.5, 0.6) is 0 Å². The van der Waals surface area contributed by atoms with Crippen LogP contribution in [0.25, 0.3) is 0 Å². The lowest BCUT2D eigenvalue weighted by molar-refractivity contribution is -0.245. The third kappa shape index (κ3) is 3.92. The van der Waals surface area contributed by atoms with Crippen molar-refractivity contribution in [2.75, 3.05) is 22.1 Å². The van der Waals surface area contributed by atoms with E-state index in [0.29, 0.717) is 33.9 Å². The maximum absolute atomic E-state index is 9.83. The number of aliphatic hydroxyl groups excluding tert-OH is 2. The fourth-order valence-electron chi connectivity index (χ4n) is 5.07. The summed E-state index contributed by atoms with van der Waals surface area (Å²) < 4.78 is 13.9. The zero-order valence-electron chi connectivity index (χ0n) is 12.8. The van der Waals surface area contributed by atoms with Gasteiger partial charge in [-0.05, 0) is 43.9 Å². The van der Waals surface area contributed by atoms with Crippen molar-refractivity contribution >= 4 is 45.2 Å². The van der Waals surface area contributed by atoms with Gasteiger partial charge in [-0.2, -0.15) is 0 Å². The summed E-state index contributed by atoms with van der Waals surface area (Å²) in [4.78, 5) is 0. The maximum Gasteiger partial charge on any atom is 0.0863 e. The number of halogens is 2. The van der Waals surface area contributed by atoms with Crippen LogP contribution in [0, 0.1) is 11.8 Å². The summed E-state index contributed by atoms with van der Waals surface area (Å²) in [6.45, 7) is 0.879. The van der Waals surface area contributed by atoms with Crippen molar-refractivity contribution in [1.82, 2.24) is 0 Å². The molecule has 0 aliphatic heterocycles. The second kappa shape index (κ2) is 7.27. The van der Waals surface area contributed by atoms with E-state index in [4.69, 9.17) is 9.47 Å². The normalized spacial score (nSPS) is 42.5. The van der Waals surface area contributed by atoms with Gasteiger partial charge in [-0.25, -0.2) is 0 Å². The second-order valence-electron chi connectivity index (χ2n) is 7.57. The van der Waals surface area contributed by atoms with Gasteiger partial charge in [0.15, 0.2) is 0 Å². The second-order valence-corrected chi connectivity index (χ2v) is 9.33. The van der Waals surface area contributed by atoms with E-state index >= 15 is 0 Å². The molecule has 0 aromatic rings. The summed E-state index contributed by atoms with van der Waals surface area (Å²) in [6.07, 6.45) is 6.00. The Morgan fingerprint density at radius 3 is 1.64 bits per heavy atom. The van der Waals surface area contributed by atoms with Crippen molar-refractivity contribution in [3.8, 4) is 0 Å². The van der Waals surface area contributed by atoms with Gasteiger partial charge in [0.25, 0.3) is 0 Å². The zero-order chi connectivity index (χ0) is 15.8. The third-order valence-corrected chi connectivity index (χ3v) is 7.51. The van der Waals surface area contributed by atoms with Crippen molar-refractivity contribution in [1.29, 1.82) is 0 Å². The Morgan fingerprint density at radius 1 is 0.864 bits per heavy atom. The molecule has 4 fully saturated rings. The van der Waals surface area contributed by atoms with Gasteiger partial charge in [0.2, 0.25) is 0 Å². The van der Waals surface area contributed by atoms with Crippen molar-refractivity contribution in [2.24, 2.45) is 11.8 Å². The largest absolute Gasteiger partial charge is 0.390 e. The van der Waals surface area contributed by atoms with Gasteiger partial charge in [0.05, 0.1) is 36.6 Å². The monoisotopic (exact) mass is 536 g/mol. The molecular weight excluding hydrogens is 510 g/mol. The van der Waals surface area contributed by atoms with Crippen LogP contribution in [-0.4, -0.2) is 55.7 Å². The summed E-state index contributed by atoms with van der Waals surface area (Å²) >= 11 is 4.40. The van der Waals surface area contributed by atoms with Gasteiger partial charge < -0.3 is 19.7 Å². The predicted molar refractivity (Wildman–Crippen MR) is 102 cm³/mol. The Bertz CT molecular complexity index is 346. The molecule has 4 aliphatic carbocycles. The molecule has 4 saturated carbocycles. The average Bonchev–Trinajstić information content (AvgIpc) is 2.49. The van der Waals surface area contributed by atoms with Crippen LogP contribution in [0.15, 0.2) is 0 Å². The Balaban J connectivity index is 1.67. The van der Waals surface area contributed by atoms with Gasteiger partial charge in [-0.1, -0.05) is 45.2 Å². The first-order valence-corrected chi connectivity index (χ1v) is 11.3. The molecule has 4 nitrogen and oxygen atoms in total. The van der Waals surface area contributed by atoms with Gasteiger partial charge in [-0.15, -0.1) is 0 Å². The minimum absolute atomic E-state index is 0.0911. The number of rotatable bonds is 8.